The summed E-state index contributed by atoms with van der Waals surface area (Å²) in [5, 5.41) is 14.2. The quantitative estimate of drug-likeness (QED) is 0.718. The summed E-state index contributed by atoms with van der Waals surface area (Å²) in [6, 6.07) is 3.36. The summed E-state index contributed by atoms with van der Waals surface area (Å²) in [5.74, 6) is -0.233. The van der Waals surface area contributed by atoms with Crippen molar-refractivity contribution >= 4 is 17.7 Å². The molecule has 1 rings (SSSR count). The van der Waals surface area contributed by atoms with Crippen molar-refractivity contribution in [1.82, 2.24) is 5.32 Å². The Hall–Kier alpha value is -2.44. The summed E-state index contributed by atoms with van der Waals surface area (Å²) in [6.45, 7) is 3.64. The number of hydrogen-bond donors (Lipinski definition) is 3. The smallest absolute Gasteiger partial charge is 0.326 e. The van der Waals surface area contributed by atoms with E-state index in [4.69, 9.17) is 9.47 Å². The molecule has 2 amide bonds. The fourth-order valence-electron chi connectivity index (χ4n) is 1.88. The number of urea groups is 1. The van der Waals surface area contributed by atoms with Gasteiger partial charge in [-0.15, -0.1) is 0 Å². The van der Waals surface area contributed by atoms with Gasteiger partial charge in [0.2, 0.25) is 0 Å². The van der Waals surface area contributed by atoms with Gasteiger partial charge in [0.05, 0.1) is 19.9 Å². The summed E-state index contributed by atoms with van der Waals surface area (Å²) in [6.07, 6.45) is 0.642. The fraction of sp³-hybridized carbons (Fsp3) is 0.467. The van der Waals surface area contributed by atoms with Crippen LogP contribution < -0.4 is 20.1 Å². The molecule has 0 radical (unpaired) electrons. The molecule has 0 aliphatic carbocycles. The Balaban J connectivity index is 2.81. The highest BCUT2D eigenvalue weighted by molar-refractivity contribution is 5.93. The molecular weight excluding hydrogens is 288 g/mol. The van der Waals surface area contributed by atoms with E-state index in [0.717, 1.165) is 0 Å². The van der Waals surface area contributed by atoms with Crippen molar-refractivity contribution in [1.29, 1.82) is 0 Å². The van der Waals surface area contributed by atoms with Crippen molar-refractivity contribution in [2.24, 2.45) is 5.92 Å². The molecule has 0 aromatic heterocycles. The topological polar surface area (TPSA) is 96.9 Å². The number of carboxylic acids is 1. The highest BCUT2D eigenvalue weighted by Gasteiger charge is 2.25. The number of ether oxygens (including phenoxy) is 2. The zero-order valence-electron chi connectivity index (χ0n) is 13.2. The van der Waals surface area contributed by atoms with Crippen molar-refractivity contribution < 1.29 is 24.2 Å². The lowest BCUT2D eigenvalue weighted by Crippen LogP contribution is -2.46. The number of methoxy groups -OCH3 is 2. The summed E-state index contributed by atoms with van der Waals surface area (Å²) < 4.78 is 10.2. The molecule has 3 N–H and O–H groups in total. The van der Waals surface area contributed by atoms with Crippen molar-refractivity contribution in [2.75, 3.05) is 19.5 Å². The first kappa shape index (κ1) is 17.6. The molecular formula is C15H22N2O5. The summed E-state index contributed by atoms with van der Waals surface area (Å²) in [7, 11) is 3.00. The van der Waals surface area contributed by atoms with Crippen molar-refractivity contribution in [2.45, 2.75) is 26.3 Å². The standard InChI is InChI=1S/C15H22N2O5/c1-5-9(2)13(14(18)19)17-15(20)16-11-7-6-10(21-3)8-12(11)22-4/h6-9,13H,5H2,1-4H3,(H,18,19)(H2,16,17,20)/t9-,13+/m1/s1. The number of nitrogens with one attached hydrogen (secondary N) is 2. The van der Waals surface area contributed by atoms with Crippen LogP contribution >= 0.6 is 0 Å². The van der Waals surface area contributed by atoms with Gasteiger partial charge in [0.25, 0.3) is 0 Å². The van der Waals surface area contributed by atoms with Gasteiger partial charge in [0.15, 0.2) is 0 Å². The van der Waals surface area contributed by atoms with Gasteiger partial charge in [-0.1, -0.05) is 20.3 Å². The predicted octanol–water partition coefficient (Wildman–Crippen LogP) is 2.32. The van der Waals surface area contributed by atoms with Crippen LogP contribution in [0.3, 0.4) is 0 Å². The Bertz CT molecular complexity index is 533. The maximum Gasteiger partial charge on any atom is 0.326 e. The van der Waals surface area contributed by atoms with E-state index in [9.17, 15) is 14.7 Å². The first-order valence-corrected chi connectivity index (χ1v) is 6.95. The Labute approximate surface area is 129 Å². The van der Waals surface area contributed by atoms with Crippen LogP contribution in [0.2, 0.25) is 0 Å². The fourth-order valence-corrected chi connectivity index (χ4v) is 1.88. The van der Waals surface area contributed by atoms with Crippen LogP contribution in [0.25, 0.3) is 0 Å². The Morgan fingerprint density at radius 2 is 1.95 bits per heavy atom. The maximum atomic E-state index is 12.0. The molecule has 0 saturated heterocycles. The summed E-state index contributed by atoms with van der Waals surface area (Å²) in [5.41, 5.74) is 0.425. The van der Waals surface area contributed by atoms with Crippen LogP contribution in [0.4, 0.5) is 10.5 Å². The number of rotatable bonds is 7. The van der Waals surface area contributed by atoms with Gasteiger partial charge < -0.3 is 25.2 Å². The Morgan fingerprint density at radius 1 is 1.27 bits per heavy atom. The molecule has 0 saturated carbocycles. The van der Waals surface area contributed by atoms with Crippen LogP contribution in [0.5, 0.6) is 11.5 Å². The van der Waals surface area contributed by atoms with E-state index < -0.39 is 18.0 Å². The SMILES string of the molecule is CC[C@@H](C)[C@H](NC(=O)Nc1ccc(OC)cc1OC)C(=O)O. The molecule has 0 bridgehead atoms. The first-order valence-electron chi connectivity index (χ1n) is 6.95. The molecule has 0 fully saturated rings. The number of hydrogen-bond acceptors (Lipinski definition) is 4. The number of aliphatic carboxylic acids is 1. The minimum absolute atomic E-state index is 0.180. The van der Waals surface area contributed by atoms with E-state index in [1.165, 1.54) is 14.2 Å². The molecule has 2 atom stereocenters. The van der Waals surface area contributed by atoms with Crippen molar-refractivity contribution in [3.8, 4) is 11.5 Å². The van der Waals surface area contributed by atoms with Crippen molar-refractivity contribution in [3.63, 3.8) is 0 Å². The number of carbonyl (C=O) groups excluding carboxylic acids is 1. The number of carbonyl (C=O) groups is 2. The average molecular weight is 310 g/mol. The predicted molar refractivity (Wildman–Crippen MR) is 82.6 cm³/mol. The minimum Gasteiger partial charge on any atom is -0.497 e. The molecule has 122 valence electrons. The third kappa shape index (κ3) is 4.54. The number of carboxylic acid groups (broad SMARTS) is 1. The first-order chi connectivity index (χ1) is 10.4. The van der Waals surface area contributed by atoms with E-state index in [-0.39, 0.29) is 5.92 Å². The van der Waals surface area contributed by atoms with E-state index in [1.54, 1.807) is 25.1 Å². The third-order valence-corrected chi connectivity index (χ3v) is 3.42. The molecule has 0 spiro atoms. The maximum absolute atomic E-state index is 12.0. The average Bonchev–Trinajstić information content (AvgIpc) is 2.51. The largest absolute Gasteiger partial charge is 0.497 e. The highest BCUT2D eigenvalue weighted by Crippen LogP contribution is 2.28. The lowest BCUT2D eigenvalue weighted by molar-refractivity contribution is -0.140. The molecule has 22 heavy (non-hydrogen) atoms. The van der Waals surface area contributed by atoms with Gasteiger partial charge in [0.1, 0.15) is 17.5 Å². The molecule has 0 unspecified atom stereocenters. The molecule has 0 aliphatic rings. The number of amides is 2. The molecule has 1 aromatic rings. The molecule has 0 aliphatic heterocycles. The van der Waals surface area contributed by atoms with E-state index in [0.29, 0.717) is 23.6 Å². The number of benzene rings is 1. The van der Waals surface area contributed by atoms with E-state index in [1.807, 2.05) is 6.92 Å². The van der Waals surface area contributed by atoms with Gasteiger partial charge >= 0.3 is 12.0 Å². The molecule has 7 nitrogen and oxygen atoms in total. The lowest BCUT2D eigenvalue weighted by Gasteiger charge is -2.20. The van der Waals surface area contributed by atoms with Crippen LogP contribution in [-0.2, 0) is 4.79 Å². The van der Waals surface area contributed by atoms with E-state index in [2.05, 4.69) is 10.6 Å². The van der Waals surface area contributed by atoms with Crippen molar-refractivity contribution in [3.05, 3.63) is 18.2 Å². The normalized spacial score (nSPS) is 12.9. The second-order valence-corrected chi connectivity index (χ2v) is 4.87. The second kappa shape index (κ2) is 8.11. The second-order valence-electron chi connectivity index (χ2n) is 4.87. The number of anilines is 1. The highest BCUT2D eigenvalue weighted by atomic mass is 16.5. The van der Waals surface area contributed by atoms with Crippen LogP contribution in [0, 0.1) is 5.92 Å². The van der Waals surface area contributed by atoms with Gasteiger partial charge in [-0.3, -0.25) is 0 Å². The zero-order valence-corrected chi connectivity index (χ0v) is 13.2. The van der Waals surface area contributed by atoms with Gasteiger partial charge in [-0.2, -0.15) is 0 Å². The summed E-state index contributed by atoms with van der Waals surface area (Å²) in [4.78, 5) is 23.2. The summed E-state index contributed by atoms with van der Waals surface area (Å²) >= 11 is 0. The van der Waals surface area contributed by atoms with Crippen LogP contribution in [-0.4, -0.2) is 37.4 Å². The Morgan fingerprint density at radius 3 is 2.45 bits per heavy atom. The van der Waals surface area contributed by atoms with Gasteiger partial charge in [-0.05, 0) is 18.1 Å². The lowest BCUT2D eigenvalue weighted by atomic mass is 9.99. The van der Waals surface area contributed by atoms with Gasteiger partial charge in [-0.25, -0.2) is 9.59 Å². The molecule has 0 heterocycles. The van der Waals surface area contributed by atoms with Gasteiger partial charge in [0, 0.05) is 6.07 Å². The third-order valence-electron chi connectivity index (χ3n) is 3.42. The minimum atomic E-state index is -1.06. The monoisotopic (exact) mass is 310 g/mol. The zero-order chi connectivity index (χ0) is 16.7. The van der Waals surface area contributed by atoms with Crippen LogP contribution in [0.15, 0.2) is 18.2 Å². The van der Waals surface area contributed by atoms with E-state index >= 15 is 0 Å². The van der Waals surface area contributed by atoms with Crippen LogP contribution in [0.1, 0.15) is 20.3 Å². The Kier molecular flexibility index (Phi) is 6.49. The molecule has 7 heteroatoms. The molecule has 1 aromatic carbocycles.